The Morgan fingerprint density at radius 1 is 1.30 bits per heavy atom. The highest BCUT2D eigenvalue weighted by Crippen LogP contribution is 2.25. The Hall–Kier alpha value is -3.00. The van der Waals surface area contributed by atoms with E-state index < -0.39 is 11.5 Å². The van der Waals surface area contributed by atoms with Crippen molar-refractivity contribution < 1.29 is 23.2 Å². The zero-order chi connectivity index (χ0) is 20.0. The first kappa shape index (κ1) is 20.3. The van der Waals surface area contributed by atoms with Crippen LogP contribution in [0.25, 0.3) is 6.08 Å². The molecule has 0 radical (unpaired) electrons. The van der Waals surface area contributed by atoms with E-state index in [1.807, 2.05) is 0 Å². The van der Waals surface area contributed by atoms with Gasteiger partial charge in [-0.15, -0.1) is 0 Å². The van der Waals surface area contributed by atoms with E-state index in [0.29, 0.717) is 5.56 Å². The molecule has 0 aliphatic heterocycles. The normalized spacial score (nSPS) is 11.0. The summed E-state index contributed by atoms with van der Waals surface area (Å²) in [6.45, 7) is -2.65. The molecule has 0 aromatic heterocycles. The Morgan fingerprint density at radius 2 is 1.96 bits per heavy atom. The second-order valence-corrected chi connectivity index (χ2v) is 5.93. The number of nitro benzene ring substituents is 1. The van der Waals surface area contributed by atoms with Gasteiger partial charge in [-0.25, -0.2) is 0 Å². The fourth-order valence-corrected chi connectivity index (χ4v) is 2.38. The number of hydrogen-bond donors (Lipinski definition) is 0. The number of carbonyl (C=O) groups excluding carboxylic acids is 1. The van der Waals surface area contributed by atoms with Crippen LogP contribution < -0.4 is 4.74 Å². The molecule has 1 amide bonds. The molecule has 0 saturated heterocycles. The lowest BCUT2D eigenvalue weighted by molar-refractivity contribution is -0.384. The average molecular weight is 397 g/mol. The quantitative estimate of drug-likeness (QED) is 0.392. The number of likely N-dealkylation sites (N-methyl/N-ethyl adjacent to an activating group) is 1. The fourth-order valence-electron chi connectivity index (χ4n) is 2.20. The van der Waals surface area contributed by atoms with Gasteiger partial charge in [-0.05, 0) is 35.4 Å². The summed E-state index contributed by atoms with van der Waals surface area (Å²) in [7, 11) is 1.57. The monoisotopic (exact) mass is 396 g/mol. The summed E-state index contributed by atoms with van der Waals surface area (Å²) in [6.07, 6.45) is 2.73. The molecule has 2 rings (SSSR count). The molecule has 0 atom stereocenters. The van der Waals surface area contributed by atoms with Gasteiger partial charge in [0.1, 0.15) is 10.8 Å². The Balaban J connectivity index is 2.00. The number of hydrogen-bond acceptors (Lipinski definition) is 4. The molecule has 0 spiro atoms. The van der Waals surface area contributed by atoms with Crippen LogP contribution in [0.4, 0.5) is 14.5 Å². The summed E-state index contributed by atoms with van der Waals surface area (Å²) in [5.74, 6) is -0.299. The molecule has 27 heavy (non-hydrogen) atoms. The molecule has 0 bridgehead atoms. The lowest BCUT2D eigenvalue weighted by atomic mass is 10.1. The molecule has 2 aromatic rings. The van der Waals surface area contributed by atoms with E-state index in [1.165, 1.54) is 41.3 Å². The molecule has 0 unspecified atom stereocenters. The van der Waals surface area contributed by atoms with Gasteiger partial charge in [0.15, 0.2) is 0 Å². The molecule has 0 fully saturated rings. The number of rotatable bonds is 7. The van der Waals surface area contributed by atoms with Crippen molar-refractivity contribution in [2.24, 2.45) is 0 Å². The summed E-state index contributed by atoms with van der Waals surface area (Å²) >= 11 is 5.74. The van der Waals surface area contributed by atoms with Gasteiger partial charge in [0.05, 0.1) is 4.92 Å². The van der Waals surface area contributed by atoms with Gasteiger partial charge in [-0.1, -0.05) is 29.8 Å². The Bertz CT molecular complexity index is 857. The van der Waals surface area contributed by atoms with Crippen LogP contribution in [0.3, 0.4) is 0 Å². The second-order valence-electron chi connectivity index (χ2n) is 5.52. The molecule has 0 N–H and O–H groups in total. The third-order valence-corrected chi connectivity index (χ3v) is 3.85. The van der Waals surface area contributed by atoms with Crippen molar-refractivity contribution in [2.45, 2.75) is 13.2 Å². The number of benzene rings is 2. The highest BCUT2D eigenvalue weighted by molar-refractivity contribution is 6.32. The number of ether oxygens (including phenoxy) is 1. The largest absolute Gasteiger partial charge is 0.435 e. The van der Waals surface area contributed by atoms with Crippen LogP contribution in [-0.2, 0) is 11.3 Å². The minimum absolute atomic E-state index is 0.0138. The summed E-state index contributed by atoms with van der Waals surface area (Å²) < 4.78 is 28.5. The SMILES string of the molecule is CN(Cc1ccc(OC(F)F)cc1)C(=O)/C=C/c1ccc(Cl)c([N+](=O)[O-])c1. The van der Waals surface area contributed by atoms with Gasteiger partial charge in [0.25, 0.3) is 5.69 Å². The Morgan fingerprint density at radius 3 is 2.56 bits per heavy atom. The van der Waals surface area contributed by atoms with Crippen molar-refractivity contribution in [1.29, 1.82) is 0 Å². The minimum atomic E-state index is -2.89. The van der Waals surface area contributed by atoms with Gasteiger partial charge in [-0.3, -0.25) is 14.9 Å². The molecule has 9 heteroatoms. The van der Waals surface area contributed by atoms with Crippen LogP contribution in [0.2, 0.25) is 5.02 Å². The van der Waals surface area contributed by atoms with E-state index >= 15 is 0 Å². The molecule has 0 aliphatic carbocycles. The number of nitrogens with zero attached hydrogens (tertiary/aromatic N) is 2. The van der Waals surface area contributed by atoms with Crippen LogP contribution in [-0.4, -0.2) is 29.4 Å². The smallest absolute Gasteiger partial charge is 0.387 e. The van der Waals surface area contributed by atoms with Crippen molar-refractivity contribution in [1.82, 2.24) is 4.90 Å². The first-order chi connectivity index (χ1) is 12.8. The highest BCUT2D eigenvalue weighted by atomic mass is 35.5. The number of alkyl halides is 2. The lowest BCUT2D eigenvalue weighted by Gasteiger charge is -2.15. The highest BCUT2D eigenvalue weighted by Gasteiger charge is 2.12. The van der Waals surface area contributed by atoms with E-state index in [0.717, 1.165) is 5.56 Å². The summed E-state index contributed by atoms with van der Waals surface area (Å²) in [5, 5.41) is 10.9. The predicted octanol–water partition coefficient (Wildman–Crippen LogP) is 4.52. The Labute approximate surface area is 158 Å². The fraction of sp³-hybridized carbons (Fsp3) is 0.167. The number of amides is 1. The van der Waals surface area contributed by atoms with Crippen LogP contribution in [0, 0.1) is 10.1 Å². The zero-order valence-corrected chi connectivity index (χ0v) is 14.9. The molecule has 2 aromatic carbocycles. The van der Waals surface area contributed by atoms with E-state index in [9.17, 15) is 23.7 Å². The third-order valence-electron chi connectivity index (χ3n) is 3.53. The third kappa shape index (κ3) is 6.03. The molecule has 0 aliphatic rings. The van der Waals surface area contributed by atoms with Gasteiger partial charge in [0.2, 0.25) is 5.91 Å². The number of carbonyl (C=O) groups is 1. The topological polar surface area (TPSA) is 72.7 Å². The van der Waals surface area contributed by atoms with E-state index in [-0.39, 0.29) is 28.9 Å². The maximum absolute atomic E-state index is 12.2. The molecular formula is C18H15ClF2N2O4. The minimum Gasteiger partial charge on any atom is -0.435 e. The first-order valence-electron chi connectivity index (χ1n) is 7.67. The van der Waals surface area contributed by atoms with Gasteiger partial charge in [-0.2, -0.15) is 8.78 Å². The summed E-state index contributed by atoms with van der Waals surface area (Å²) in [5.41, 5.74) is 0.940. The van der Waals surface area contributed by atoms with Crippen LogP contribution in [0.5, 0.6) is 5.75 Å². The van der Waals surface area contributed by atoms with Crippen LogP contribution in [0.15, 0.2) is 48.5 Å². The van der Waals surface area contributed by atoms with Crippen LogP contribution in [0.1, 0.15) is 11.1 Å². The zero-order valence-electron chi connectivity index (χ0n) is 14.1. The maximum atomic E-state index is 12.2. The second kappa shape index (κ2) is 9.09. The van der Waals surface area contributed by atoms with Gasteiger partial charge < -0.3 is 9.64 Å². The maximum Gasteiger partial charge on any atom is 0.387 e. The summed E-state index contributed by atoms with van der Waals surface area (Å²) in [6, 6.07) is 10.2. The number of nitro groups is 1. The summed E-state index contributed by atoms with van der Waals surface area (Å²) in [4.78, 5) is 23.9. The average Bonchev–Trinajstić information content (AvgIpc) is 2.61. The van der Waals surface area contributed by atoms with E-state index in [2.05, 4.69) is 4.74 Å². The van der Waals surface area contributed by atoms with Crippen molar-refractivity contribution in [3.05, 3.63) is 74.8 Å². The van der Waals surface area contributed by atoms with Crippen molar-refractivity contribution in [3.63, 3.8) is 0 Å². The van der Waals surface area contributed by atoms with Crippen molar-refractivity contribution in [2.75, 3.05) is 7.05 Å². The van der Waals surface area contributed by atoms with E-state index in [4.69, 9.17) is 11.6 Å². The predicted molar refractivity (Wildman–Crippen MR) is 96.7 cm³/mol. The Kier molecular flexibility index (Phi) is 6.84. The molecule has 142 valence electrons. The van der Waals surface area contributed by atoms with Crippen molar-refractivity contribution in [3.8, 4) is 5.75 Å². The van der Waals surface area contributed by atoms with Crippen molar-refractivity contribution >= 4 is 29.3 Å². The van der Waals surface area contributed by atoms with Crippen LogP contribution >= 0.6 is 11.6 Å². The van der Waals surface area contributed by atoms with Gasteiger partial charge >= 0.3 is 6.61 Å². The van der Waals surface area contributed by atoms with Gasteiger partial charge in [0, 0.05) is 25.7 Å². The molecule has 0 saturated carbocycles. The standard InChI is InChI=1S/C18H15ClF2N2O4/c1-22(11-13-2-6-14(7-3-13)27-18(20)21)17(24)9-5-12-4-8-15(19)16(10-12)23(25)26/h2-10,18H,11H2,1H3/b9-5+. The first-order valence-corrected chi connectivity index (χ1v) is 8.05. The number of halogens is 3. The van der Waals surface area contributed by atoms with E-state index in [1.54, 1.807) is 25.2 Å². The lowest BCUT2D eigenvalue weighted by Crippen LogP contribution is -2.24. The molecular weight excluding hydrogens is 382 g/mol. The molecule has 6 nitrogen and oxygen atoms in total. The molecule has 0 heterocycles.